The number of para-hydroxylation sites is 1. The van der Waals surface area contributed by atoms with Gasteiger partial charge in [0, 0.05) is 22.7 Å². The Bertz CT molecular complexity index is 780. The molecule has 0 aliphatic carbocycles. The first-order valence-electron chi connectivity index (χ1n) is 6.63. The molecule has 0 N–H and O–H groups in total. The number of pyridine rings is 1. The summed E-state index contributed by atoms with van der Waals surface area (Å²) in [5.74, 6) is 0.0687. The molecule has 0 fully saturated rings. The van der Waals surface area contributed by atoms with Gasteiger partial charge in [0.25, 0.3) is 0 Å². The minimum absolute atomic E-state index is 0.0687. The second-order valence-electron chi connectivity index (χ2n) is 4.97. The molecule has 1 heterocycles. The van der Waals surface area contributed by atoms with Gasteiger partial charge < -0.3 is 0 Å². The maximum absolute atomic E-state index is 12.9. The minimum atomic E-state index is 0.0687. The van der Waals surface area contributed by atoms with E-state index in [1.165, 1.54) is 0 Å². The lowest BCUT2D eigenvalue weighted by Crippen LogP contribution is -2.07. The molecule has 0 saturated carbocycles. The van der Waals surface area contributed by atoms with E-state index in [0.29, 0.717) is 5.56 Å². The lowest BCUT2D eigenvalue weighted by atomic mass is 9.93. The first-order chi connectivity index (χ1) is 9.68. The maximum Gasteiger partial charge on any atom is 0.194 e. The second kappa shape index (κ2) is 4.89. The predicted molar refractivity (Wildman–Crippen MR) is 81.1 cm³/mol. The Morgan fingerprint density at radius 1 is 0.900 bits per heavy atom. The van der Waals surface area contributed by atoms with Crippen molar-refractivity contribution < 1.29 is 4.79 Å². The molecule has 0 radical (unpaired) electrons. The number of hydrogen-bond acceptors (Lipinski definition) is 2. The Balaban J connectivity index is 2.24. The Labute approximate surface area is 118 Å². The van der Waals surface area contributed by atoms with Gasteiger partial charge in [-0.2, -0.15) is 0 Å². The summed E-state index contributed by atoms with van der Waals surface area (Å²) in [5.41, 5.74) is 4.38. The van der Waals surface area contributed by atoms with E-state index in [9.17, 15) is 4.79 Å². The molecule has 0 unspecified atom stereocenters. The Kier molecular flexibility index (Phi) is 3.07. The molecule has 2 aromatic carbocycles. The van der Waals surface area contributed by atoms with Crippen LogP contribution in [-0.2, 0) is 0 Å². The molecule has 2 nitrogen and oxygen atoms in total. The van der Waals surface area contributed by atoms with Crippen LogP contribution in [0.25, 0.3) is 10.9 Å². The summed E-state index contributed by atoms with van der Waals surface area (Å²) in [5, 5.41) is 0.905. The largest absolute Gasteiger partial charge is 0.289 e. The van der Waals surface area contributed by atoms with Crippen molar-refractivity contribution in [3.63, 3.8) is 0 Å². The van der Waals surface area contributed by atoms with Crippen LogP contribution in [0.4, 0.5) is 0 Å². The summed E-state index contributed by atoms with van der Waals surface area (Å²) < 4.78 is 0. The molecule has 0 atom stereocenters. The van der Waals surface area contributed by atoms with Crippen molar-refractivity contribution in [3.8, 4) is 0 Å². The van der Waals surface area contributed by atoms with E-state index in [-0.39, 0.29) is 5.78 Å². The molecule has 0 aliphatic heterocycles. The molecule has 0 saturated heterocycles. The lowest BCUT2D eigenvalue weighted by molar-refractivity contribution is 0.103. The average Bonchev–Trinajstić information content (AvgIpc) is 2.46. The van der Waals surface area contributed by atoms with Gasteiger partial charge in [0.15, 0.2) is 5.78 Å². The van der Waals surface area contributed by atoms with Crippen molar-refractivity contribution in [1.82, 2.24) is 4.98 Å². The van der Waals surface area contributed by atoms with Gasteiger partial charge in [-0.3, -0.25) is 9.78 Å². The Morgan fingerprint density at radius 2 is 1.60 bits per heavy atom. The van der Waals surface area contributed by atoms with Crippen molar-refractivity contribution in [2.24, 2.45) is 0 Å². The highest BCUT2D eigenvalue weighted by Crippen LogP contribution is 2.23. The lowest BCUT2D eigenvalue weighted by Gasteiger charge is -2.10. The summed E-state index contributed by atoms with van der Waals surface area (Å²) in [6.07, 6.45) is 1.70. The number of ketones is 1. The maximum atomic E-state index is 12.9. The van der Waals surface area contributed by atoms with Gasteiger partial charge in [-0.25, -0.2) is 0 Å². The zero-order valence-electron chi connectivity index (χ0n) is 11.6. The third-order valence-corrected chi connectivity index (χ3v) is 3.60. The average molecular weight is 261 g/mol. The number of fused-ring (bicyclic) bond motifs is 1. The number of rotatable bonds is 2. The van der Waals surface area contributed by atoms with Gasteiger partial charge in [0.1, 0.15) is 0 Å². The molecule has 0 amide bonds. The van der Waals surface area contributed by atoms with Gasteiger partial charge >= 0.3 is 0 Å². The van der Waals surface area contributed by atoms with E-state index in [1.807, 2.05) is 56.3 Å². The summed E-state index contributed by atoms with van der Waals surface area (Å²) in [6.45, 7) is 3.95. The second-order valence-corrected chi connectivity index (χ2v) is 4.97. The van der Waals surface area contributed by atoms with Crippen LogP contribution in [0, 0.1) is 13.8 Å². The zero-order chi connectivity index (χ0) is 14.1. The number of nitrogens with zero attached hydrogens (tertiary/aromatic N) is 1. The van der Waals surface area contributed by atoms with Crippen LogP contribution >= 0.6 is 0 Å². The smallest absolute Gasteiger partial charge is 0.194 e. The van der Waals surface area contributed by atoms with E-state index in [4.69, 9.17) is 0 Å². The van der Waals surface area contributed by atoms with Crippen molar-refractivity contribution in [1.29, 1.82) is 0 Å². The quantitative estimate of drug-likeness (QED) is 0.650. The van der Waals surface area contributed by atoms with Crippen molar-refractivity contribution >= 4 is 16.7 Å². The number of carbonyl (C=O) groups excluding carboxylic acids is 1. The van der Waals surface area contributed by atoms with Crippen molar-refractivity contribution in [2.75, 3.05) is 0 Å². The van der Waals surface area contributed by atoms with Crippen molar-refractivity contribution in [3.05, 3.63) is 77.0 Å². The molecule has 1 aromatic heterocycles. The van der Waals surface area contributed by atoms with Gasteiger partial charge in [0.2, 0.25) is 0 Å². The van der Waals surface area contributed by atoms with E-state index >= 15 is 0 Å². The van der Waals surface area contributed by atoms with Crippen LogP contribution in [0.2, 0.25) is 0 Å². The number of hydrogen-bond donors (Lipinski definition) is 0. The predicted octanol–water partition coefficient (Wildman–Crippen LogP) is 4.08. The zero-order valence-corrected chi connectivity index (χ0v) is 11.6. The molecule has 98 valence electrons. The van der Waals surface area contributed by atoms with Crippen LogP contribution in [0.1, 0.15) is 27.0 Å². The molecule has 0 bridgehead atoms. The minimum Gasteiger partial charge on any atom is -0.289 e. The van der Waals surface area contributed by atoms with E-state index in [0.717, 1.165) is 27.6 Å². The number of carbonyl (C=O) groups is 1. The first kappa shape index (κ1) is 12.5. The number of benzene rings is 2. The SMILES string of the molecule is Cc1cccc(C)c1C(=O)c1ccnc2ccccc12. The van der Waals surface area contributed by atoms with Crippen LogP contribution in [0.5, 0.6) is 0 Å². The summed E-state index contributed by atoms with van der Waals surface area (Å²) in [7, 11) is 0. The molecule has 3 rings (SSSR count). The fourth-order valence-electron chi connectivity index (χ4n) is 2.60. The van der Waals surface area contributed by atoms with Crippen LogP contribution in [-0.4, -0.2) is 10.8 Å². The molecule has 0 aliphatic rings. The summed E-state index contributed by atoms with van der Waals surface area (Å²) in [4.78, 5) is 17.2. The van der Waals surface area contributed by atoms with Gasteiger partial charge in [-0.15, -0.1) is 0 Å². The van der Waals surface area contributed by atoms with E-state index in [1.54, 1.807) is 12.3 Å². The highest BCUT2D eigenvalue weighted by atomic mass is 16.1. The third kappa shape index (κ3) is 1.99. The molecule has 20 heavy (non-hydrogen) atoms. The molecule has 3 aromatic rings. The van der Waals surface area contributed by atoms with Gasteiger partial charge in [-0.05, 0) is 37.1 Å². The molecular formula is C18H15NO. The highest BCUT2D eigenvalue weighted by Gasteiger charge is 2.16. The molecular weight excluding hydrogens is 246 g/mol. The van der Waals surface area contributed by atoms with Crippen LogP contribution < -0.4 is 0 Å². The highest BCUT2D eigenvalue weighted by molar-refractivity contribution is 6.17. The van der Waals surface area contributed by atoms with Crippen LogP contribution in [0.3, 0.4) is 0 Å². The topological polar surface area (TPSA) is 30.0 Å². The van der Waals surface area contributed by atoms with Gasteiger partial charge in [0.05, 0.1) is 5.52 Å². The molecule has 2 heteroatoms. The van der Waals surface area contributed by atoms with E-state index in [2.05, 4.69) is 4.98 Å². The Hall–Kier alpha value is -2.48. The Morgan fingerprint density at radius 3 is 2.35 bits per heavy atom. The number of aryl methyl sites for hydroxylation is 2. The molecule has 0 spiro atoms. The standard InChI is InChI=1S/C18H15NO/c1-12-6-5-7-13(2)17(12)18(20)15-10-11-19-16-9-4-3-8-14(15)16/h3-11H,1-2H3. The monoisotopic (exact) mass is 261 g/mol. The normalized spacial score (nSPS) is 10.7. The van der Waals surface area contributed by atoms with Crippen LogP contribution in [0.15, 0.2) is 54.7 Å². The first-order valence-corrected chi connectivity index (χ1v) is 6.63. The fraction of sp³-hybridized carbons (Fsp3) is 0.111. The summed E-state index contributed by atoms with van der Waals surface area (Å²) >= 11 is 0. The third-order valence-electron chi connectivity index (χ3n) is 3.60. The fourth-order valence-corrected chi connectivity index (χ4v) is 2.60. The van der Waals surface area contributed by atoms with Gasteiger partial charge in [-0.1, -0.05) is 36.4 Å². The summed E-state index contributed by atoms with van der Waals surface area (Å²) in [6, 6.07) is 15.5. The van der Waals surface area contributed by atoms with E-state index < -0.39 is 0 Å². The number of aromatic nitrogens is 1. The van der Waals surface area contributed by atoms with Crippen molar-refractivity contribution in [2.45, 2.75) is 13.8 Å².